The largest absolute Gasteiger partial charge is 0.342 e. The molecule has 116 valence electrons. The molecule has 1 N–H and O–H groups in total. The highest BCUT2D eigenvalue weighted by molar-refractivity contribution is 7.09. The van der Waals surface area contributed by atoms with Gasteiger partial charge < -0.3 is 15.1 Å². The minimum Gasteiger partial charge on any atom is -0.342 e. The van der Waals surface area contributed by atoms with Crippen LogP contribution in [0.1, 0.15) is 31.2 Å². The third kappa shape index (κ3) is 3.93. The van der Waals surface area contributed by atoms with Gasteiger partial charge in [-0.05, 0) is 6.42 Å². The fourth-order valence-corrected chi connectivity index (χ4v) is 2.98. The average Bonchev–Trinajstić information content (AvgIpc) is 2.99. The molecular formula is C14H22N4O2S. The number of amides is 3. The van der Waals surface area contributed by atoms with Crippen LogP contribution in [0, 0.1) is 0 Å². The molecule has 0 saturated carbocycles. The van der Waals surface area contributed by atoms with Crippen molar-refractivity contribution in [3.63, 3.8) is 0 Å². The van der Waals surface area contributed by atoms with Crippen LogP contribution < -0.4 is 5.32 Å². The van der Waals surface area contributed by atoms with Crippen LogP contribution in [0.25, 0.3) is 0 Å². The van der Waals surface area contributed by atoms with E-state index in [-0.39, 0.29) is 18.0 Å². The summed E-state index contributed by atoms with van der Waals surface area (Å²) in [5.41, 5.74) is 0. The van der Waals surface area contributed by atoms with Crippen molar-refractivity contribution in [1.82, 2.24) is 20.1 Å². The van der Waals surface area contributed by atoms with Crippen molar-refractivity contribution < 1.29 is 9.59 Å². The lowest BCUT2D eigenvalue weighted by Crippen LogP contribution is -2.59. The smallest absolute Gasteiger partial charge is 0.318 e. The normalized spacial score (nSPS) is 19.0. The first-order chi connectivity index (χ1) is 10.1. The van der Waals surface area contributed by atoms with E-state index in [0.717, 1.165) is 24.3 Å². The quantitative estimate of drug-likeness (QED) is 0.900. The van der Waals surface area contributed by atoms with Gasteiger partial charge in [0.2, 0.25) is 5.91 Å². The molecule has 0 spiro atoms. The summed E-state index contributed by atoms with van der Waals surface area (Å²) in [5.74, 6) is 0.0408. The highest BCUT2D eigenvalue weighted by atomic mass is 32.1. The van der Waals surface area contributed by atoms with E-state index in [0.29, 0.717) is 19.6 Å². The highest BCUT2D eigenvalue weighted by Gasteiger charge is 2.35. The van der Waals surface area contributed by atoms with E-state index in [4.69, 9.17) is 0 Å². The van der Waals surface area contributed by atoms with E-state index in [1.807, 2.05) is 5.38 Å². The summed E-state index contributed by atoms with van der Waals surface area (Å²) in [6, 6.07) is -0.507. The minimum absolute atomic E-state index is 0.0408. The van der Waals surface area contributed by atoms with Gasteiger partial charge in [0, 0.05) is 31.7 Å². The number of likely N-dealkylation sites (N-methyl/N-ethyl adjacent to an activating group) is 1. The second kappa shape index (κ2) is 7.40. The van der Waals surface area contributed by atoms with E-state index in [2.05, 4.69) is 17.2 Å². The van der Waals surface area contributed by atoms with Crippen molar-refractivity contribution in [3.8, 4) is 0 Å². The van der Waals surface area contributed by atoms with Crippen LogP contribution in [0.15, 0.2) is 11.6 Å². The Labute approximate surface area is 129 Å². The zero-order chi connectivity index (χ0) is 15.2. The van der Waals surface area contributed by atoms with Gasteiger partial charge in [0.15, 0.2) is 0 Å². The Balaban J connectivity index is 1.97. The van der Waals surface area contributed by atoms with Crippen LogP contribution in [0.3, 0.4) is 0 Å². The van der Waals surface area contributed by atoms with Gasteiger partial charge >= 0.3 is 6.03 Å². The number of urea groups is 1. The lowest BCUT2D eigenvalue weighted by Gasteiger charge is -2.39. The number of piperazine rings is 1. The number of nitrogens with zero attached hydrogens (tertiary/aromatic N) is 3. The van der Waals surface area contributed by atoms with E-state index in [9.17, 15) is 9.59 Å². The van der Waals surface area contributed by atoms with Crippen LogP contribution in [0.5, 0.6) is 0 Å². The van der Waals surface area contributed by atoms with Crippen molar-refractivity contribution >= 4 is 23.3 Å². The van der Waals surface area contributed by atoms with Crippen LogP contribution in [0.4, 0.5) is 4.79 Å². The predicted molar refractivity (Wildman–Crippen MR) is 82.0 cm³/mol. The molecule has 7 heteroatoms. The van der Waals surface area contributed by atoms with Crippen LogP contribution in [-0.2, 0) is 11.3 Å². The molecule has 2 rings (SSSR count). The molecule has 1 atom stereocenters. The first-order valence-electron chi connectivity index (χ1n) is 7.31. The van der Waals surface area contributed by atoms with Crippen molar-refractivity contribution in [3.05, 3.63) is 16.6 Å². The summed E-state index contributed by atoms with van der Waals surface area (Å²) in [6.07, 6.45) is 4.41. The monoisotopic (exact) mass is 310 g/mol. The Morgan fingerprint density at radius 2 is 2.33 bits per heavy atom. The van der Waals surface area contributed by atoms with Gasteiger partial charge in [-0.3, -0.25) is 4.79 Å². The summed E-state index contributed by atoms with van der Waals surface area (Å²) < 4.78 is 0. The molecule has 3 amide bonds. The summed E-state index contributed by atoms with van der Waals surface area (Å²) >= 11 is 1.51. The second-order valence-electron chi connectivity index (χ2n) is 5.20. The van der Waals surface area contributed by atoms with E-state index in [1.165, 1.54) is 11.3 Å². The lowest BCUT2D eigenvalue weighted by atomic mass is 10.0. The molecule has 0 aliphatic carbocycles. The van der Waals surface area contributed by atoms with Gasteiger partial charge in [-0.2, -0.15) is 0 Å². The number of carbonyl (C=O) groups excluding carboxylic acids is 2. The number of carbonyl (C=O) groups is 2. The fraction of sp³-hybridized carbons (Fsp3) is 0.643. The number of rotatable bonds is 5. The Hall–Kier alpha value is -1.63. The highest BCUT2D eigenvalue weighted by Crippen LogP contribution is 2.16. The predicted octanol–water partition coefficient (Wildman–Crippen LogP) is 1.69. The van der Waals surface area contributed by atoms with Crippen molar-refractivity contribution in [2.45, 2.75) is 38.8 Å². The zero-order valence-electron chi connectivity index (χ0n) is 12.5. The van der Waals surface area contributed by atoms with Gasteiger partial charge in [-0.1, -0.05) is 19.8 Å². The molecule has 1 saturated heterocycles. The second-order valence-corrected chi connectivity index (χ2v) is 6.17. The third-order valence-corrected chi connectivity index (χ3v) is 4.46. The molecule has 1 aliphatic heterocycles. The number of thiazole rings is 1. The number of nitrogens with one attached hydrogen (secondary N) is 1. The lowest BCUT2D eigenvalue weighted by molar-refractivity contribution is -0.138. The van der Waals surface area contributed by atoms with Gasteiger partial charge in [0.1, 0.15) is 11.0 Å². The third-order valence-electron chi connectivity index (χ3n) is 3.68. The topological polar surface area (TPSA) is 65.5 Å². The van der Waals surface area contributed by atoms with Gasteiger partial charge in [-0.15, -0.1) is 11.3 Å². The molecule has 1 aromatic heterocycles. The number of hydrogen-bond acceptors (Lipinski definition) is 4. The maximum absolute atomic E-state index is 12.3. The molecule has 0 bridgehead atoms. The van der Waals surface area contributed by atoms with Gasteiger partial charge in [0.25, 0.3) is 0 Å². The molecule has 6 nitrogen and oxygen atoms in total. The molecular weight excluding hydrogens is 288 g/mol. The van der Waals surface area contributed by atoms with E-state index < -0.39 is 0 Å². The van der Waals surface area contributed by atoms with Gasteiger partial charge in [-0.25, -0.2) is 9.78 Å². The van der Waals surface area contributed by atoms with Crippen molar-refractivity contribution in [2.75, 3.05) is 20.1 Å². The molecule has 21 heavy (non-hydrogen) atoms. The molecule has 1 aromatic rings. The first-order valence-corrected chi connectivity index (χ1v) is 8.19. The standard InChI is InChI=1S/C14H22N4O2S/c1-3-4-5-11-13(19)17(2)7-8-18(11)14(20)16-10-12-15-6-9-21-12/h6,9,11H,3-5,7-8,10H2,1-2H3,(H,16,20)/t11-/m1/s1. The Morgan fingerprint density at radius 3 is 3.00 bits per heavy atom. The van der Waals surface area contributed by atoms with Crippen LogP contribution >= 0.6 is 11.3 Å². The fourth-order valence-electron chi connectivity index (χ4n) is 2.42. The number of hydrogen-bond donors (Lipinski definition) is 1. The minimum atomic E-state index is -0.333. The Morgan fingerprint density at radius 1 is 1.52 bits per heavy atom. The van der Waals surface area contributed by atoms with Crippen molar-refractivity contribution in [1.29, 1.82) is 0 Å². The van der Waals surface area contributed by atoms with Crippen LogP contribution in [-0.4, -0.2) is 52.9 Å². The summed E-state index contributed by atoms with van der Waals surface area (Å²) in [6.45, 7) is 3.67. The van der Waals surface area contributed by atoms with Crippen molar-refractivity contribution in [2.24, 2.45) is 0 Å². The molecule has 0 unspecified atom stereocenters. The maximum atomic E-state index is 12.3. The summed E-state index contributed by atoms with van der Waals surface area (Å²) in [7, 11) is 1.80. The number of aromatic nitrogens is 1. The maximum Gasteiger partial charge on any atom is 0.318 e. The van der Waals surface area contributed by atoms with E-state index >= 15 is 0 Å². The molecule has 1 fully saturated rings. The molecule has 2 heterocycles. The Kier molecular flexibility index (Phi) is 5.55. The Bertz CT molecular complexity index is 477. The number of unbranched alkanes of at least 4 members (excludes halogenated alkanes) is 1. The summed E-state index contributed by atoms with van der Waals surface area (Å²) in [4.78, 5) is 32.1. The zero-order valence-corrected chi connectivity index (χ0v) is 13.4. The summed E-state index contributed by atoms with van der Waals surface area (Å²) in [5, 5.41) is 5.61. The first kappa shape index (κ1) is 15.8. The molecule has 0 radical (unpaired) electrons. The van der Waals surface area contributed by atoms with Crippen LogP contribution in [0.2, 0.25) is 0 Å². The molecule has 0 aromatic carbocycles. The van der Waals surface area contributed by atoms with E-state index in [1.54, 1.807) is 23.0 Å². The molecule has 1 aliphatic rings. The SMILES string of the molecule is CCCC[C@@H]1C(=O)N(C)CCN1C(=O)NCc1nccs1. The van der Waals surface area contributed by atoms with Gasteiger partial charge in [0.05, 0.1) is 6.54 Å². The average molecular weight is 310 g/mol.